The van der Waals surface area contributed by atoms with Gasteiger partial charge in [0.05, 0.1) is 6.10 Å². The number of nitrogens with zero attached hydrogens (tertiary/aromatic N) is 2. The molecule has 0 bridgehead atoms. The minimum Gasteiger partial charge on any atom is -0.392 e. The molecule has 0 aromatic rings. The molecular weight excluding hydrogens is 200 g/mol. The summed E-state index contributed by atoms with van der Waals surface area (Å²) >= 11 is 0. The van der Waals surface area contributed by atoms with Gasteiger partial charge in [-0.2, -0.15) is 0 Å². The Kier molecular flexibility index (Phi) is 5.73. The fraction of sp³-hybridized carbons (Fsp3) is 1.00. The summed E-state index contributed by atoms with van der Waals surface area (Å²) in [5, 5.41) is 9.83. The Labute approximate surface area is 100 Å². The SMILES string of the molecule is CCC(O)C(C)N1CCN(CC(C)C)CC1. The summed E-state index contributed by atoms with van der Waals surface area (Å²) in [6.07, 6.45) is 0.685. The molecule has 3 heteroatoms. The molecule has 1 N–H and O–H groups in total. The van der Waals surface area contributed by atoms with Crippen LogP contribution < -0.4 is 0 Å². The van der Waals surface area contributed by atoms with Gasteiger partial charge in [0.15, 0.2) is 0 Å². The van der Waals surface area contributed by atoms with Crippen LogP contribution in [0.15, 0.2) is 0 Å². The van der Waals surface area contributed by atoms with Gasteiger partial charge in [-0.15, -0.1) is 0 Å². The maximum absolute atomic E-state index is 9.83. The Hall–Kier alpha value is -0.120. The van der Waals surface area contributed by atoms with Crippen molar-refractivity contribution in [3.05, 3.63) is 0 Å². The van der Waals surface area contributed by atoms with Crippen LogP contribution in [0.2, 0.25) is 0 Å². The summed E-state index contributed by atoms with van der Waals surface area (Å²) < 4.78 is 0. The molecule has 3 nitrogen and oxygen atoms in total. The Morgan fingerprint density at radius 1 is 1.06 bits per heavy atom. The van der Waals surface area contributed by atoms with Gasteiger partial charge >= 0.3 is 0 Å². The number of hydrogen-bond donors (Lipinski definition) is 1. The average Bonchev–Trinajstić information content (AvgIpc) is 2.27. The molecule has 0 aromatic carbocycles. The zero-order valence-electron chi connectivity index (χ0n) is 11.3. The van der Waals surface area contributed by atoms with Crippen molar-refractivity contribution in [3.63, 3.8) is 0 Å². The van der Waals surface area contributed by atoms with E-state index in [0.717, 1.165) is 38.5 Å². The van der Waals surface area contributed by atoms with Crippen LogP contribution in [0.25, 0.3) is 0 Å². The lowest BCUT2D eigenvalue weighted by Crippen LogP contribution is -2.53. The zero-order valence-corrected chi connectivity index (χ0v) is 11.3. The fourth-order valence-corrected chi connectivity index (χ4v) is 2.45. The molecule has 1 rings (SSSR count). The lowest BCUT2D eigenvalue weighted by molar-refractivity contribution is 0.0233. The molecule has 0 spiro atoms. The van der Waals surface area contributed by atoms with Gasteiger partial charge in [0, 0.05) is 38.8 Å². The largest absolute Gasteiger partial charge is 0.392 e. The Morgan fingerprint density at radius 3 is 2.06 bits per heavy atom. The normalized spacial score (nSPS) is 23.6. The molecule has 96 valence electrons. The van der Waals surface area contributed by atoms with E-state index in [1.807, 2.05) is 0 Å². The van der Waals surface area contributed by atoms with Crippen LogP contribution in [-0.2, 0) is 0 Å². The van der Waals surface area contributed by atoms with Gasteiger partial charge in [-0.3, -0.25) is 4.90 Å². The lowest BCUT2D eigenvalue weighted by Gasteiger charge is -2.40. The van der Waals surface area contributed by atoms with Gasteiger partial charge in [-0.25, -0.2) is 0 Å². The highest BCUT2D eigenvalue weighted by molar-refractivity contribution is 4.80. The molecule has 1 fully saturated rings. The fourth-order valence-electron chi connectivity index (χ4n) is 2.45. The highest BCUT2D eigenvalue weighted by Gasteiger charge is 2.24. The van der Waals surface area contributed by atoms with Crippen LogP contribution in [0.3, 0.4) is 0 Å². The maximum atomic E-state index is 9.83. The van der Waals surface area contributed by atoms with E-state index in [0.29, 0.717) is 6.04 Å². The van der Waals surface area contributed by atoms with E-state index in [1.54, 1.807) is 0 Å². The van der Waals surface area contributed by atoms with Crippen molar-refractivity contribution in [3.8, 4) is 0 Å². The minimum atomic E-state index is -0.170. The first kappa shape index (κ1) is 13.9. The predicted octanol–water partition coefficient (Wildman–Crippen LogP) is 1.42. The molecule has 1 saturated heterocycles. The second kappa shape index (κ2) is 6.58. The summed E-state index contributed by atoms with van der Waals surface area (Å²) in [6, 6.07) is 0.311. The van der Waals surface area contributed by atoms with E-state index in [2.05, 4.69) is 37.5 Å². The van der Waals surface area contributed by atoms with Crippen molar-refractivity contribution in [2.75, 3.05) is 32.7 Å². The molecule has 2 unspecified atom stereocenters. The number of aliphatic hydroxyl groups excluding tert-OH is 1. The standard InChI is InChI=1S/C13H28N2O/c1-5-13(16)12(4)15-8-6-14(7-9-15)10-11(2)3/h11-13,16H,5-10H2,1-4H3. The monoisotopic (exact) mass is 228 g/mol. The van der Waals surface area contributed by atoms with Crippen LogP contribution in [0.4, 0.5) is 0 Å². The molecular formula is C13H28N2O. The number of hydrogen-bond acceptors (Lipinski definition) is 3. The Balaban J connectivity index is 2.31. The molecule has 0 saturated carbocycles. The third-order valence-electron chi connectivity index (χ3n) is 3.58. The van der Waals surface area contributed by atoms with Gasteiger partial charge in [-0.1, -0.05) is 20.8 Å². The van der Waals surface area contributed by atoms with Crippen molar-refractivity contribution in [2.45, 2.75) is 46.3 Å². The molecule has 0 aromatic heterocycles. The quantitative estimate of drug-likeness (QED) is 0.771. The summed E-state index contributed by atoms with van der Waals surface area (Å²) in [6.45, 7) is 14.5. The van der Waals surface area contributed by atoms with E-state index in [4.69, 9.17) is 0 Å². The van der Waals surface area contributed by atoms with Gasteiger partial charge in [0.1, 0.15) is 0 Å². The van der Waals surface area contributed by atoms with E-state index in [9.17, 15) is 5.11 Å². The summed E-state index contributed by atoms with van der Waals surface area (Å²) in [5.41, 5.74) is 0. The number of rotatable bonds is 5. The Bertz CT molecular complexity index is 188. The third-order valence-corrected chi connectivity index (χ3v) is 3.58. The first-order valence-electron chi connectivity index (χ1n) is 6.69. The minimum absolute atomic E-state index is 0.170. The maximum Gasteiger partial charge on any atom is 0.0690 e. The van der Waals surface area contributed by atoms with Crippen molar-refractivity contribution in [2.24, 2.45) is 5.92 Å². The number of aliphatic hydroxyl groups is 1. The van der Waals surface area contributed by atoms with Crippen molar-refractivity contribution in [1.29, 1.82) is 0 Å². The molecule has 2 atom stereocenters. The molecule has 0 aliphatic carbocycles. The van der Waals surface area contributed by atoms with Gasteiger partial charge < -0.3 is 10.0 Å². The van der Waals surface area contributed by atoms with Crippen LogP contribution in [-0.4, -0.2) is 59.8 Å². The number of piperazine rings is 1. The van der Waals surface area contributed by atoms with E-state index in [1.165, 1.54) is 6.54 Å². The summed E-state index contributed by atoms with van der Waals surface area (Å²) in [4.78, 5) is 4.96. The second-order valence-electron chi connectivity index (χ2n) is 5.45. The molecule has 1 aliphatic rings. The van der Waals surface area contributed by atoms with Crippen molar-refractivity contribution >= 4 is 0 Å². The molecule has 1 aliphatic heterocycles. The first-order valence-corrected chi connectivity index (χ1v) is 6.69. The van der Waals surface area contributed by atoms with Crippen molar-refractivity contribution in [1.82, 2.24) is 9.80 Å². The predicted molar refractivity (Wildman–Crippen MR) is 68.6 cm³/mol. The molecule has 16 heavy (non-hydrogen) atoms. The summed E-state index contributed by atoms with van der Waals surface area (Å²) in [5.74, 6) is 0.755. The highest BCUT2D eigenvalue weighted by Crippen LogP contribution is 2.12. The Morgan fingerprint density at radius 2 is 1.62 bits per heavy atom. The average molecular weight is 228 g/mol. The highest BCUT2D eigenvalue weighted by atomic mass is 16.3. The van der Waals surface area contributed by atoms with E-state index < -0.39 is 0 Å². The topological polar surface area (TPSA) is 26.7 Å². The van der Waals surface area contributed by atoms with Crippen molar-refractivity contribution < 1.29 is 5.11 Å². The molecule has 1 heterocycles. The van der Waals surface area contributed by atoms with Gasteiger partial charge in [0.2, 0.25) is 0 Å². The van der Waals surface area contributed by atoms with Crippen LogP contribution in [0.5, 0.6) is 0 Å². The summed E-state index contributed by atoms with van der Waals surface area (Å²) in [7, 11) is 0. The smallest absolute Gasteiger partial charge is 0.0690 e. The van der Waals surface area contributed by atoms with Crippen LogP contribution in [0, 0.1) is 5.92 Å². The second-order valence-corrected chi connectivity index (χ2v) is 5.45. The van der Waals surface area contributed by atoms with Crippen LogP contribution in [0.1, 0.15) is 34.1 Å². The van der Waals surface area contributed by atoms with Crippen LogP contribution >= 0.6 is 0 Å². The molecule has 0 amide bonds. The third kappa shape index (κ3) is 4.04. The van der Waals surface area contributed by atoms with E-state index >= 15 is 0 Å². The first-order chi connectivity index (χ1) is 7.54. The van der Waals surface area contributed by atoms with E-state index in [-0.39, 0.29) is 6.10 Å². The van der Waals surface area contributed by atoms with Gasteiger partial charge in [0.25, 0.3) is 0 Å². The van der Waals surface area contributed by atoms with Gasteiger partial charge in [-0.05, 0) is 19.3 Å². The lowest BCUT2D eigenvalue weighted by atomic mass is 10.1. The zero-order chi connectivity index (χ0) is 12.1. The molecule has 0 radical (unpaired) electrons.